The molecule has 1 aromatic carbocycles. The van der Waals surface area contributed by atoms with Crippen molar-refractivity contribution >= 4 is 40.3 Å². The number of carbonyl (C=O) groups excluding carboxylic acids is 3. The summed E-state index contributed by atoms with van der Waals surface area (Å²) in [6, 6.07) is 8.43. The maximum Gasteiger partial charge on any atom is 0.323 e. The minimum absolute atomic E-state index is 0.0601. The van der Waals surface area contributed by atoms with E-state index in [1.807, 2.05) is 48.4 Å². The molecule has 1 aliphatic rings. The average molecular weight is 513 g/mol. The van der Waals surface area contributed by atoms with Gasteiger partial charge in [-0.2, -0.15) is 0 Å². The molecule has 5 N–H and O–H groups in total. The number of carbonyl (C=O) groups is 3. The van der Waals surface area contributed by atoms with Gasteiger partial charge in [-0.15, -0.1) is 11.3 Å². The van der Waals surface area contributed by atoms with Gasteiger partial charge in [0.25, 0.3) is 5.91 Å². The number of ether oxygens (including phenoxy) is 1. The van der Waals surface area contributed by atoms with Gasteiger partial charge >= 0.3 is 12.0 Å². The number of amides is 3. The lowest BCUT2D eigenvalue weighted by atomic mass is 10.0. The summed E-state index contributed by atoms with van der Waals surface area (Å²) >= 11 is 1.24. The lowest BCUT2D eigenvalue weighted by molar-refractivity contribution is -0.155. The molecule has 8 nitrogen and oxygen atoms in total. The van der Waals surface area contributed by atoms with Crippen LogP contribution in [0.1, 0.15) is 61.9 Å². The number of rotatable bonds is 11. The standard InChI is InChI=1S/C27H36N4O4S/c1-17(2)14-22(26(33)35-20-11-4-5-12-20)31(3)13-7-9-18-8-6-10-19(15-18)23-16-21(24(28)32)25(36-23)30-27(29)34/h6-10,15-17,20,22H,4-5,11-14H2,1-3H3,(H2,28,32)(H3,29,30,34)/b9-7+/t22-/m0/s1. The second-order valence-electron chi connectivity index (χ2n) is 9.66. The van der Waals surface area contributed by atoms with E-state index in [0.717, 1.165) is 48.1 Å². The molecule has 1 heterocycles. The summed E-state index contributed by atoms with van der Waals surface area (Å²) in [6.45, 7) is 4.83. The predicted molar refractivity (Wildman–Crippen MR) is 145 cm³/mol. The van der Waals surface area contributed by atoms with E-state index >= 15 is 0 Å². The molecule has 2 aromatic rings. The average Bonchev–Trinajstić information content (AvgIpc) is 3.47. The zero-order valence-electron chi connectivity index (χ0n) is 21.2. The summed E-state index contributed by atoms with van der Waals surface area (Å²) in [7, 11) is 1.95. The van der Waals surface area contributed by atoms with E-state index in [9.17, 15) is 14.4 Å². The maximum absolute atomic E-state index is 12.9. The highest BCUT2D eigenvalue weighted by atomic mass is 32.1. The number of nitrogens with two attached hydrogens (primary N) is 2. The smallest absolute Gasteiger partial charge is 0.323 e. The SMILES string of the molecule is CC(C)C[C@@H](C(=O)OC1CCCC1)N(C)C/C=C/c1cccc(-c2cc(C(N)=O)c(NC(N)=O)s2)c1. The number of hydrogen-bond acceptors (Lipinski definition) is 6. The van der Waals surface area contributed by atoms with Crippen molar-refractivity contribution in [1.29, 1.82) is 0 Å². The minimum Gasteiger partial charge on any atom is -0.461 e. The molecule has 0 saturated heterocycles. The first-order valence-corrected chi connectivity index (χ1v) is 13.1. The summed E-state index contributed by atoms with van der Waals surface area (Å²) in [6.07, 6.45) is 9.01. The molecule has 3 amide bonds. The Morgan fingerprint density at radius 3 is 2.56 bits per heavy atom. The molecule has 1 aliphatic carbocycles. The molecule has 1 saturated carbocycles. The summed E-state index contributed by atoms with van der Waals surface area (Å²) < 4.78 is 5.81. The van der Waals surface area contributed by atoms with Crippen molar-refractivity contribution < 1.29 is 19.1 Å². The number of anilines is 1. The number of likely N-dealkylation sites (N-methyl/N-ethyl adjacent to an activating group) is 1. The first kappa shape index (κ1) is 27.4. The first-order valence-electron chi connectivity index (χ1n) is 12.3. The largest absolute Gasteiger partial charge is 0.461 e. The molecule has 0 aliphatic heterocycles. The van der Waals surface area contributed by atoms with Crippen molar-refractivity contribution in [3.8, 4) is 10.4 Å². The van der Waals surface area contributed by atoms with Gasteiger partial charge in [-0.3, -0.25) is 19.8 Å². The number of primary amides is 2. The molecule has 0 bridgehead atoms. The molecule has 36 heavy (non-hydrogen) atoms. The third kappa shape index (κ3) is 7.66. The summed E-state index contributed by atoms with van der Waals surface area (Å²) in [4.78, 5) is 38.8. The Kier molecular flexibility index (Phi) is 9.66. The van der Waals surface area contributed by atoms with Crippen molar-refractivity contribution in [3.05, 3.63) is 47.5 Å². The van der Waals surface area contributed by atoms with Crippen LogP contribution in [0.25, 0.3) is 16.5 Å². The van der Waals surface area contributed by atoms with Crippen molar-refractivity contribution in [2.75, 3.05) is 18.9 Å². The van der Waals surface area contributed by atoms with Crippen molar-refractivity contribution in [2.24, 2.45) is 17.4 Å². The third-order valence-electron chi connectivity index (χ3n) is 6.19. The molecule has 0 radical (unpaired) electrons. The fourth-order valence-corrected chi connectivity index (χ4v) is 5.41. The number of nitrogens with one attached hydrogen (secondary N) is 1. The van der Waals surface area contributed by atoms with E-state index in [0.29, 0.717) is 17.5 Å². The van der Waals surface area contributed by atoms with Gasteiger partial charge in [0.1, 0.15) is 17.1 Å². The van der Waals surface area contributed by atoms with Gasteiger partial charge in [0.2, 0.25) is 0 Å². The number of thiophene rings is 1. The van der Waals surface area contributed by atoms with E-state index < -0.39 is 11.9 Å². The Balaban J connectivity index is 1.69. The Hall–Kier alpha value is -3.17. The van der Waals surface area contributed by atoms with E-state index in [-0.39, 0.29) is 23.7 Å². The van der Waals surface area contributed by atoms with Crippen LogP contribution < -0.4 is 16.8 Å². The molecular weight excluding hydrogens is 476 g/mol. The molecule has 1 fully saturated rings. The molecule has 0 unspecified atom stereocenters. The summed E-state index contributed by atoms with van der Waals surface area (Å²) in [5.41, 5.74) is 12.7. The number of esters is 1. The van der Waals surface area contributed by atoms with Crippen LogP contribution in [-0.2, 0) is 9.53 Å². The zero-order valence-corrected chi connectivity index (χ0v) is 22.0. The molecule has 1 atom stereocenters. The highest BCUT2D eigenvalue weighted by Crippen LogP contribution is 2.35. The van der Waals surface area contributed by atoms with Crippen molar-refractivity contribution in [3.63, 3.8) is 0 Å². The van der Waals surface area contributed by atoms with Crippen LogP contribution in [-0.4, -0.2) is 48.5 Å². The van der Waals surface area contributed by atoms with Crippen LogP contribution in [0.4, 0.5) is 9.80 Å². The zero-order chi connectivity index (χ0) is 26.2. The second kappa shape index (κ2) is 12.7. The third-order valence-corrected chi connectivity index (χ3v) is 7.29. The summed E-state index contributed by atoms with van der Waals surface area (Å²) in [5.74, 6) is -0.390. The van der Waals surface area contributed by atoms with Gasteiger partial charge in [0, 0.05) is 11.4 Å². The quantitative estimate of drug-likeness (QED) is 0.371. The predicted octanol–water partition coefficient (Wildman–Crippen LogP) is 4.85. The molecule has 0 spiro atoms. The summed E-state index contributed by atoms with van der Waals surface area (Å²) in [5, 5.41) is 2.79. The van der Waals surface area contributed by atoms with Gasteiger partial charge in [0.05, 0.1) is 5.56 Å². The van der Waals surface area contributed by atoms with Gasteiger partial charge in [-0.1, -0.05) is 44.2 Å². The van der Waals surface area contributed by atoms with E-state index in [1.54, 1.807) is 6.07 Å². The molecule has 9 heteroatoms. The van der Waals surface area contributed by atoms with Gasteiger partial charge in [-0.25, -0.2) is 4.79 Å². The van der Waals surface area contributed by atoms with Crippen LogP contribution in [0.2, 0.25) is 0 Å². The van der Waals surface area contributed by atoms with Crippen LogP contribution >= 0.6 is 11.3 Å². The van der Waals surface area contributed by atoms with Crippen molar-refractivity contribution in [2.45, 2.75) is 58.1 Å². The molecular formula is C27H36N4O4S. The fraction of sp³-hybridized carbons (Fsp3) is 0.444. The van der Waals surface area contributed by atoms with Crippen LogP contribution in [0.5, 0.6) is 0 Å². The Morgan fingerprint density at radius 2 is 1.92 bits per heavy atom. The number of urea groups is 1. The molecule has 3 rings (SSSR count). The second-order valence-corrected chi connectivity index (χ2v) is 10.7. The Labute approximate surface area is 216 Å². The lowest BCUT2D eigenvalue weighted by Crippen LogP contribution is -2.41. The highest BCUT2D eigenvalue weighted by Gasteiger charge is 2.28. The van der Waals surface area contributed by atoms with Crippen molar-refractivity contribution in [1.82, 2.24) is 4.90 Å². The van der Waals surface area contributed by atoms with Crippen LogP contribution in [0.3, 0.4) is 0 Å². The maximum atomic E-state index is 12.9. The van der Waals surface area contributed by atoms with Gasteiger partial charge < -0.3 is 16.2 Å². The lowest BCUT2D eigenvalue weighted by Gasteiger charge is -2.28. The van der Waals surface area contributed by atoms with Gasteiger partial charge in [0.15, 0.2) is 0 Å². The molecule has 1 aromatic heterocycles. The van der Waals surface area contributed by atoms with Crippen LogP contribution in [0, 0.1) is 5.92 Å². The number of benzene rings is 1. The van der Waals surface area contributed by atoms with E-state index in [4.69, 9.17) is 16.2 Å². The normalized spacial score (nSPS) is 15.0. The molecule has 194 valence electrons. The van der Waals surface area contributed by atoms with Crippen LogP contribution in [0.15, 0.2) is 36.4 Å². The van der Waals surface area contributed by atoms with E-state index in [1.165, 1.54) is 11.3 Å². The minimum atomic E-state index is -0.755. The topological polar surface area (TPSA) is 128 Å². The van der Waals surface area contributed by atoms with E-state index in [2.05, 4.69) is 19.2 Å². The highest BCUT2D eigenvalue weighted by molar-refractivity contribution is 7.20. The van der Waals surface area contributed by atoms with Gasteiger partial charge in [-0.05, 0) is 68.3 Å². The monoisotopic (exact) mass is 512 g/mol. The first-order chi connectivity index (χ1) is 17.1. The number of nitrogens with zero attached hydrogens (tertiary/aromatic N) is 1. The number of hydrogen-bond donors (Lipinski definition) is 3. The Morgan fingerprint density at radius 1 is 1.19 bits per heavy atom. The fourth-order valence-electron chi connectivity index (χ4n) is 4.35. The Bertz CT molecular complexity index is 1100.